The number of allylic oxidation sites excluding steroid dienone is 2. The zero-order valence-electron chi connectivity index (χ0n) is 24.8. The lowest BCUT2D eigenvalue weighted by molar-refractivity contribution is -0.140. The van der Waals surface area contributed by atoms with E-state index in [-0.39, 0.29) is 18.2 Å². The minimum Gasteiger partial charge on any atom is -0.480 e. The fraction of sp³-hybridized carbons (Fsp3) is 0.871. The molecule has 0 bridgehead atoms. The van der Waals surface area contributed by atoms with Gasteiger partial charge in [-0.1, -0.05) is 131 Å². The molecule has 0 amide bonds. The van der Waals surface area contributed by atoms with Gasteiger partial charge in [0.2, 0.25) is 0 Å². The molecule has 0 saturated heterocycles. The third-order valence-electron chi connectivity index (χ3n) is 6.22. The summed E-state index contributed by atoms with van der Waals surface area (Å²) >= 11 is 0. The molecule has 0 aliphatic heterocycles. The molecule has 2 unspecified atom stereocenters. The van der Waals surface area contributed by atoms with Gasteiger partial charge in [0.15, 0.2) is 0 Å². The zero-order valence-corrected chi connectivity index (χ0v) is 24.8. The Morgan fingerprint density at radius 3 is 1.57 bits per heavy atom. The molecule has 0 aliphatic carbocycles. The molecule has 0 aromatic heterocycles. The molecular weight excluding hydrogens is 434 g/mol. The summed E-state index contributed by atoms with van der Waals surface area (Å²) in [5, 5.41) is 12.2. The van der Waals surface area contributed by atoms with Gasteiger partial charge in [0, 0.05) is 6.42 Å². The monoisotopic (exact) mass is 497 g/mol. The van der Waals surface area contributed by atoms with E-state index in [1.54, 1.807) is 0 Å². The predicted octanol–water partition coefficient (Wildman–Crippen LogP) is 9.51. The number of carboxylic acids is 1. The molecule has 0 aromatic carbocycles. The molecule has 0 aromatic rings. The molecule has 2 atom stereocenters. The molecule has 4 heteroatoms. The van der Waals surface area contributed by atoms with Crippen molar-refractivity contribution >= 4 is 11.8 Å². The van der Waals surface area contributed by atoms with E-state index in [9.17, 15) is 14.7 Å². The fourth-order valence-electron chi connectivity index (χ4n) is 3.83. The van der Waals surface area contributed by atoms with Crippen molar-refractivity contribution in [2.24, 2.45) is 5.92 Å². The number of hydrogen-bond donors (Lipinski definition) is 2. The number of carboxylic acid groups (broad SMARTS) is 1. The molecular formula is C31H63NO3. The zero-order chi connectivity index (χ0) is 27.2. The number of Topliss-reactive ketones (excluding diaryl/α,β-unsaturated/α-hetero) is 1. The lowest BCUT2D eigenvalue weighted by Crippen LogP contribution is -2.44. The second-order valence-corrected chi connectivity index (χ2v) is 9.16. The first-order valence-corrected chi connectivity index (χ1v) is 15.2. The van der Waals surface area contributed by atoms with E-state index in [2.05, 4.69) is 24.4 Å². The Bertz CT molecular complexity index is 462. The van der Waals surface area contributed by atoms with E-state index in [4.69, 9.17) is 0 Å². The number of nitrogens with one attached hydrogen (secondary N) is 1. The molecule has 0 heterocycles. The smallest absolute Gasteiger partial charge is 0.320 e. The molecule has 0 saturated carbocycles. The Balaban J connectivity index is -0.00000242. The molecule has 0 radical (unpaired) electrons. The maximum atomic E-state index is 12.0. The van der Waals surface area contributed by atoms with E-state index in [0.717, 1.165) is 19.3 Å². The van der Waals surface area contributed by atoms with Crippen molar-refractivity contribution in [3.63, 3.8) is 0 Å². The van der Waals surface area contributed by atoms with Crippen LogP contribution in [0, 0.1) is 5.92 Å². The maximum absolute atomic E-state index is 12.0. The largest absolute Gasteiger partial charge is 0.480 e. The van der Waals surface area contributed by atoms with Gasteiger partial charge < -0.3 is 5.11 Å². The second kappa shape index (κ2) is 32.8. The van der Waals surface area contributed by atoms with Crippen LogP contribution in [-0.2, 0) is 9.59 Å². The van der Waals surface area contributed by atoms with Crippen molar-refractivity contribution in [1.82, 2.24) is 5.32 Å². The van der Waals surface area contributed by atoms with Crippen LogP contribution < -0.4 is 5.32 Å². The Labute approximate surface area is 220 Å². The van der Waals surface area contributed by atoms with Crippen LogP contribution >= 0.6 is 0 Å². The first-order chi connectivity index (χ1) is 17.0. The van der Waals surface area contributed by atoms with Gasteiger partial charge in [-0.25, -0.2) is 0 Å². The molecule has 0 spiro atoms. The Morgan fingerprint density at radius 2 is 1.14 bits per heavy atom. The van der Waals surface area contributed by atoms with Crippen LogP contribution in [0.1, 0.15) is 158 Å². The molecule has 0 aliphatic rings. The third kappa shape index (κ3) is 29.0. The van der Waals surface area contributed by atoms with Gasteiger partial charge in [-0.15, -0.1) is 0 Å². The van der Waals surface area contributed by atoms with Crippen molar-refractivity contribution in [3.8, 4) is 0 Å². The molecule has 0 fully saturated rings. The summed E-state index contributed by atoms with van der Waals surface area (Å²) in [4.78, 5) is 23.2. The number of aliphatic carboxylic acids is 1. The van der Waals surface area contributed by atoms with Gasteiger partial charge in [-0.2, -0.15) is 0 Å². The molecule has 35 heavy (non-hydrogen) atoms. The van der Waals surface area contributed by atoms with Crippen LogP contribution in [-0.4, -0.2) is 29.4 Å². The molecule has 4 nitrogen and oxygen atoms in total. The van der Waals surface area contributed by atoms with E-state index in [1.165, 1.54) is 83.5 Å². The average molecular weight is 498 g/mol. The van der Waals surface area contributed by atoms with Gasteiger partial charge in [-0.3, -0.25) is 14.9 Å². The fourth-order valence-corrected chi connectivity index (χ4v) is 3.83. The van der Waals surface area contributed by atoms with Crippen molar-refractivity contribution in [1.29, 1.82) is 0 Å². The van der Waals surface area contributed by atoms with Crippen LogP contribution in [0.4, 0.5) is 0 Å². The van der Waals surface area contributed by atoms with Gasteiger partial charge in [0.1, 0.15) is 11.8 Å². The van der Waals surface area contributed by atoms with Gasteiger partial charge in [0.25, 0.3) is 0 Å². The van der Waals surface area contributed by atoms with E-state index >= 15 is 0 Å². The summed E-state index contributed by atoms with van der Waals surface area (Å²) in [6, 6.07) is -0.627. The van der Waals surface area contributed by atoms with Gasteiger partial charge in [0.05, 0.1) is 6.54 Å². The lowest BCUT2D eigenvalue weighted by atomic mass is 9.99. The molecule has 0 rings (SSSR count). The Hall–Kier alpha value is -1.16. The average Bonchev–Trinajstić information content (AvgIpc) is 2.88. The van der Waals surface area contributed by atoms with Crippen LogP contribution in [0.5, 0.6) is 0 Å². The lowest BCUT2D eigenvalue weighted by Gasteiger charge is -2.19. The summed E-state index contributed by atoms with van der Waals surface area (Å²) in [7, 11) is 0. The number of unbranched alkanes of at least 4 members (excludes halogenated alkanes) is 13. The quantitative estimate of drug-likeness (QED) is 0.109. The SMILES string of the molecule is CC.CC.CCCCCCCCCC/C=C\CCCCCCCC(=O)CNC(C(=O)O)C(C)CC. The highest BCUT2D eigenvalue weighted by molar-refractivity contribution is 5.81. The summed E-state index contributed by atoms with van der Waals surface area (Å²) in [6.07, 6.45) is 25.1. The minimum atomic E-state index is -0.867. The number of ketones is 1. The van der Waals surface area contributed by atoms with E-state index in [0.29, 0.717) is 6.42 Å². The standard InChI is InChI=1S/C27H51NO3.2C2H6/c1-4-6-7-8-9-10-11-12-13-14-15-16-17-18-19-20-21-22-25(29)23-28-26(27(30)31)24(3)5-2;2*1-2/h14-15,24,26,28H,4-13,16-23H2,1-3H3,(H,30,31);2*1-2H3/b15-14-;;. The van der Waals surface area contributed by atoms with Gasteiger partial charge in [-0.05, 0) is 38.0 Å². The number of rotatable bonds is 23. The number of hydrogen-bond acceptors (Lipinski definition) is 3. The van der Waals surface area contributed by atoms with Crippen molar-refractivity contribution in [2.45, 2.75) is 164 Å². The molecule has 2 N–H and O–H groups in total. The highest BCUT2D eigenvalue weighted by atomic mass is 16.4. The van der Waals surface area contributed by atoms with Crippen molar-refractivity contribution in [3.05, 3.63) is 12.2 Å². The highest BCUT2D eigenvalue weighted by Gasteiger charge is 2.23. The topological polar surface area (TPSA) is 66.4 Å². The minimum absolute atomic E-state index is 0.0275. The van der Waals surface area contributed by atoms with Crippen molar-refractivity contribution in [2.75, 3.05) is 6.54 Å². The Morgan fingerprint density at radius 1 is 0.714 bits per heavy atom. The highest BCUT2D eigenvalue weighted by Crippen LogP contribution is 2.12. The summed E-state index contributed by atoms with van der Waals surface area (Å²) in [6.45, 7) is 14.3. The number of carbonyl (C=O) groups is 2. The third-order valence-corrected chi connectivity index (χ3v) is 6.22. The summed E-state index contributed by atoms with van der Waals surface area (Å²) in [5.74, 6) is -0.716. The van der Waals surface area contributed by atoms with E-state index < -0.39 is 12.0 Å². The summed E-state index contributed by atoms with van der Waals surface area (Å²) < 4.78 is 0. The van der Waals surface area contributed by atoms with Crippen LogP contribution in [0.2, 0.25) is 0 Å². The summed E-state index contributed by atoms with van der Waals surface area (Å²) in [5.41, 5.74) is 0. The normalized spacial score (nSPS) is 12.3. The second-order valence-electron chi connectivity index (χ2n) is 9.16. The predicted molar refractivity (Wildman–Crippen MR) is 155 cm³/mol. The van der Waals surface area contributed by atoms with Crippen LogP contribution in [0.3, 0.4) is 0 Å². The van der Waals surface area contributed by atoms with Crippen LogP contribution in [0.25, 0.3) is 0 Å². The maximum Gasteiger partial charge on any atom is 0.320 e. The van der Waals surface area contributed by atoms with Crippen LogP contribution in [0.15, 0.2) is 12.2 Å². The molecule has 210 valence electrons. The Kier molecular flexibility index (Phi) is 36.0. The van der Waals surface area contributed by atoms with Gasteiger partial charge >= 0.3 is 5.97 Å². The van der Waals surface area contributed by atoms with E-state index in [1.807, 2.05) is 41.5 Å². The first kappa shape index (κ1) is 38.4. The van der Waals surface area contributed by atoms with Crippen molar-refractivity contribution < 1.29 is 14.7 Å². The number of carbonyl (C=O) groups excluding carboxylic acids is 1. The first-order valence-electron chi connectivity index (χ1n) is 15.2.